The smallest absolute Gasteiger partial charge is 0.322 e. The van der Waals surface area contributed by atoms with Crippen molar-refractivity contribution in [2.45, 2.75) is 25.3 Å². The van der Waals surface area contributed by atoms with Gasteiger partial charge >= 0.3 is 6.03 Å². The van der Waals surface area contributed by atoms with E-state index in [-0.39, 0.29) is 25.2 Å². The van der Waals surface area contributed by atoms with Crippen molar-refractivity contribution in [3.8, 4) is 0 Å². The summed E-state index contributed by atoms with van der Waals surface area (Å²) >= 11 is 6.52. The molecule has 0 spiro atoms. The maximum absolute atomic E-state index is 13.4. The number of anilines is 2. The molecule has 1 fully saturated rings. The molecule has 0 bridgehead atoms. The molecule has 7 heteroatoms. The Morgan fingerprint density at radius 1 is 1.20 bits per heavy atom. The van der Waals surface area contributed by atoms with E-state index in [4.69, 9.17) is 16.3 Å². The highest BCUT2D eigenvalue weighted by Crippen LogP contribution is 2.37. The van der Waals surface area contributed by atoms with Crippen LogP contribution < -0.4 is 10.2 Å². The molecule has 2 N–H and O–H groups in total. The van der Waals surface area contributed by atoms with E-state index < -0.39 is 0 Å². The van der Waals surface area contributed by atoms with Crippen molar-refractivity contribution >= 4 is 29.0 Å². The number of amides is 2. The number of morpholine rings is 1. The third-order valence-corrected chi connectivity index (χ3v) is 6.18. The van der Waals surface area contributed by atoms with Gasteiger partial charge in [-0.3, -0.25) is 0 Å². The number of fused-ring (bicyclic) bond motifs is 1. The Bertz CT molecular complexity index is 886. The zero-order chi connectivity index (χ0) is 20.9. The monoisotopic (exact) mass is 429 g/mol. The Labute approximate surface area is 182 Å². The number of aryl methyl sites for hydroxylation is 1. The van der Waals surface area contributed by atoms with Crippen LogP contribution in [0.1, 0.15) is 30.0 Å². The molecule has 0 radical (unpaired) electrons. The van der Waals surface area contributed by atoms with Crippen molar-refractivity contribution in [3.05, 3.63) is 58.6 Å². The maximum atomic E-state index is 13.4. The number of carbonyl (C=O) groups excluding carboxylic acids is 1. The van der Waals surface area contributed by atoms with Gasteiger partial charge in [-0.25, -0.2) is 4.79 Å². The van der Waals surface area contributed by atoms with Crippen LogP contribution in [0.15, 0.2) is 42.5 Å². The number of aliphatic hydroxyl groups is 1. The van der Waals surface area contributed by atoms with Gasteiger partial charge in [-0.2, -0.15) is 0 Å². The number of carbonyl (C=O) groups is 1. The van der Waals surface area contributed by atoms with Crippen molar-refractivity contribution in [2.24, 2.45) is 0 Å². The van der Waals surface area contributed by atoms with Crippen LogP contribution in [0.3, 0.4) is 0 Å². The first kappa shape index (κ1) is 21.0. The highest BCUT2D eigenvalue weighted by Gasteiger charge is 2.30. The average molecular weight is 430 g/mol. The van der Waals surface area contributed by atoms with Gasteiger partial charge in [0.2, 0.25) is 0 Å². The van der Waals surface area contributed by atoms with Gasteiger partial charge in [0.1, 0.15) is 0 Å². The lowest BCUT2D eigenvalue weighted by Crippen LogP contribution is -2.42. The first-order chi connectivity index (χ1) is 14.7. The van der Waals surface area contributed by atoms with E-state index in [9.17, 15) is 9.90 Å². The van der Waals surface area contributed by atoms with Crippen molar-refractivity contribution in [2.75, 3.05) is 49.7 Å². The molecule has 2 aromatic carbocycles. The first-order valence-corrected chi connectivity index (χ1v) is 10.9. The molecular formula is C23H28ClN3O3. The fourth-order valence-corrected chi connectivity index (χ4v) is 4.76. The SMILES string of the molecule is O=C(Nc1cccc(Cl)c1N1CCOCC1)N(CCO)C1CCCc2ccccc21. The number of benzene rings is 2. The number of aliphatic hydroxyl groups excluding tert-OH is 1. The van der Waals surface area contributed by atoms with E-state index in [0.29, 0.717) is 23.9 Å². The van der Waals surface area contributed by atoms with Crippen LogP contribution in [0.4, 0.5) is 16.2 Å². The molecule has 0 saturated carbocycles. The average Bonchev–Trinajstić information content (AvgIpc) is 2.78. The van der Waals surface area contributed by atoms with Crippen molar-refractivity contribution in [1.29, 1.82) is 0 Å². The first-order valence-electron chi connectivity index (χ1n) is 10.6. The Hall–Kier alpha value is -2.28. The second-order valence-corrected chi connectivity index (χ2v) is 8.10. The van der Waals surface area contributed by atoms with Gasteiger partial charge in [0, 0.05) is 19.6 Å². The molecule has 1 atom stereocenters. The third kappa shape index (κ3) is 4.41. The minimum Gasteiger partial charge on any atom is -0.395 e. The summed E-state index contributed by atoms with van der Waals surface area (Å²) in [7, 11) is 0. The number of nitrogens with zero attached hydrogens (tertiary/aromatic N) is 2. The number of rotatable bonds is 5. The minimum absolute atomic E-state index is 0.0480. The summed E-state index contributed by atoms with van der Waals surface area (Å²) in [5.74, 6) is 0. The third-order valence-electron chi connectivity index (χ3n) is 5.87. The molecule has 1 unspecified atom stereocenters. The summed E-state index contributed by atoms with van der Waals surface area (Å²) in [4.78, 5) is 17.3. The molecule has 2 aliphatic rings. The normalized spacial score (nSPS) is 18.6. The van der Waals surface area contributed by atoms with Gasteiger partial charge in [0.25, 0.3) is 0 Å². The van der Waals surface area contributed by atoms with Crippen LogP contribution in [0.2, 0.25) is 5.02 Å². The van der Waals surface area contributed by atoms with Crippen LogP contribution in [0.25, 0.3) is 0 Å². The summed E-state index contributed by atoms with van der Waals surface area (Å²) in [6.07, 6.45) is 2.93. The molecule has 1 heterocycles. The molecule has 1 saturated heterocycles. The molecule has 30 heavy (non-hydrogen) atoms. The number of ether oxygens (including phenoxy) is 1. The molecule has 2 aromatic rings. The molecule has 1 aliphatic carbocycles. The predicted octanol–water partition coefficient (Wildman–Crippen LogP) is 4.08. The standard InChI is InChI=1S/C23H28ClN3O3/c24-19-8-4-9-20(22(19)26-12-15-30-16-13-26)25-23(29)27(11-14-28)21-10-3-6-17-5-1-2-7-18(17)21/h1-2,4-5,7-9,21,28H,3,6,10-16H2,(H,25,29). The van der Waals surface area contributed by atoms with Crippen molar-refractivity contribution < 1.29 is 14.6 Å². The van der Waals surface area contributed by atoms with Crippen LogP contribution in [-0.2, 0) is 11.2 Å². The van der Waals surface area contributed by atoms with Gasteiger partial charge in [-0.1, -0.05) is 41.9 Å². The van der Waals surface area contributed by atoms with Crippen molar-refractivity contribution in [3.63, 3.8) is 0 Å². The number of para-hydroxylation sites is 1. The lowest BCUT2D eigenvalue weighted by molar-refractivity contribution is 0.123. The van der Waals surface area contributed by atoms with Crippen LogP contribution in [0, 0.1) is 0 Å². The molecule has 6 nitrogen and oxygen atoms in total. The zero-order valence-electron chi connectivity index (χ0n) is 17.0. The van der Waals surface area contributed by atoms with E-state index in [0.717, 1.165) is 38.0 Å². The lowest BCUT2D eigenvalue weighted by Gasteiger charge is -2.36. The maximum Gasteiger partial charge on any atom is 0.322 e. The van der Waals surface area contributed by atoms with Crippen LogP contribution >= 0.6 is 11.6 Å². The zero-order valence-corrected chi connectivity index (χ0v) is 17.8. The van der Waals surface area contributed by atoms with E-state index >= 15 is 0 Å². The van der Waals surface area contributed by atoms with E-state index in [2.05, 4.69) is 22.3 Å². The Kier molecular flexibility index (Phi) is 6.77. The fraction of sp³-hybridized carbons (Fsp3) is 0.435. The molecule has 4 rings (SSSR count). The second-order valence-electron chi connectivity index (χ2n) is 7.69. The number of hydrogen-bond donors (Lipinski definition) is 2. The number of halogens is 1. The molecule has 160 valence electrons. The Balaban J connectivity index is 1.60. The summed E-state index contributed by atoms with van der Waals surface area (Å²) in [5.41, 5.74) is 3.96. The summed E-state index contributed by atoms with van der Waals surface area (Å²) < 4.78 is 5.46. The molecule has 2 amide bonds. The molecular weight excluding hydrogens is 402 g/mol. The predicted molar refractivity (Wildman–Crippen MR) is 119 cm³/mol. The van der Waals surface area contributed by atoms with Gasteiger partial charge in [0.15, 0.2) is 0 Å². The Morgan fingerprint density at radius 3 is 2.80 bits per heavy atom. The van der Waals surface area contributed by atoms with Gasteiger partial charge in [-0.05, 0) is 42.5 Å². The van der Waals surface area contributed by atoms with Crippen LogP contribution in [0.5, 0.6) is 0 Å². The van der Waals surface area contributed by atoms with Gasteiger partial charge in [0.05, 0.1) is 42.3 Å². The largest absolute Gasteiger partial charge is 0.395 e. The quantitative estimate of drug-likeness (QED) is 0.751. The Morgan fingerprint density at radius 2 is 2.00 bits per heavy atom. The highest BCUT2D eigenvalue weighted by atomic mass is 35.5. The molecule has 0 aromatic heterocycles. The summed E-state index contributed by atoms with van der Waals surface area (Å²) in [6, 6.07) is 13.6. The van der Waals surface area contributed by atoms with E-state index in [1.165, 1.54) is 11.1 Å². The second kappa shape index (κ2) is 9.69. The van der Waals surface area contributed by atoms with Gasteiger partial charge < -0.3 is 25.0 Å². The number of hydrogen-bond acceptors (Lipinski definition) is 4. The van der Waals surface area contributed by atoms with E-state index in [1.807, 2.05) is 30.3 Å². The number of urea groups is 1. The lowest BCUT2D eigenvalue weighted by atomic mass is 9.87. The highest BCUT2D eigenvalue weighted by molar-refractivity contribution is 6.34. The van der Waals surface area contributed by atoms with E-state index in [1.54, 1.807) is 4.90 Å². The van der Waals surface area contributed by atoms with Crippen molar-refractivity contribution in [1.82, 2.24) is 4.90 Å². The summed E-state index contributed by atoms with van der Waals surface area (Å²) in [6.45, 7) is 2.91. The van der Waals surface area contributed by atoms with Crippen LogP contribution in [-0.4, -0.2) is 55.5 Å². The minimum atomic E-state index is -0.220. The topological polar surface area (TPSA) is 65.0 Å². The molecule has 1 aliphatic heterocycles. The van der Waals surface area contributed by atoms with Gasteiger partial charge in [-0.15, -0.1) is 0 Å². The fourth-order valence-electron chi connectivity index (χ4n) is 4.47. The number of nitrogens with one attached hydrogen (secondary N) is 1. The summed E-state index contributed by atoms with van der Waals surface area (Å²) in [5, 5.41) is 13.3.